The maximum atomic E-state index is 3.45. The largest absolute Gasteiger partial charge is 0.314 e. The van der Waals surface area contributed by atoms with Crippen LogP contribution in [0.2, 0.25) is 0 Å². The molecule has 1 N–H and O–H groups in total. The summed E-state index contributed by atoms with van der Waals surface area (Å²) in [5.74, 6) is 0. The third-order valence-electron chi connectivity index (χ3n) is 4.42. The highest BCUT2D eigenvalue weighted by molar-refractivity contribution is 5.37. The van der Waals surface area contributed by atoms with Gasteiger partial charge in [-0.05, 0) is 18.1 Å². The van der Waals surface area contributed by atoms with Crippen LogP contribution in [0.1, 0.15) is 18.1 Å². The molecule has 0 saturated carbocycles. The summed E-state index contributed by atoms with van der Waals surface area (Å²) in [4.78, 5) is 2.59. The third kappa shape index (κ3) is 2.37. The summed E-state index contributed by atoms with van der Waals surface area (Å²) in [6.45, 7) is 6.65. The quantitative estimate of drug-likeness (QED) is 0.919. The van der Waals surface area contributed by atoms with Crippen LogP contribution in [0.15, 0.2) is 60.7 Å². The number of hydrogen-bond acceptors (Lipinski definition) is 2. The first-order valence-corrected chi connectivity index (χ1v) is 7.38. The van der Waals surface area contributed by atoms with Crippen LogP contribution in [0.25, 0.3) is 0 Å². The van der Waals surface area contributed by atoms with Crippen LogP contribution in [0.4, 0.5) is 0 Å². The monoisotopic (exact) mass is 266 g/mol. The number of rotatable bonds is 3. The van der Waals surface area contributed by atoms with Crippen molar-refractivity contribution in [3.63, 3.8) is 0 Å². The van der Waals surface area contributed by atoms with Gasteiger partial charge in [0, 0.05) is 26.2 Å². The van der Waals surface area contributed by atoms with E-state index in [2.05, 4.69) is 77.8 Å². The summed E-state index contributed by atoms with van der Waals surface area (Å²) >= 11 is 0. The van der Waals surface area contributed by atoms with Crippen molar-refractivity contribution in [3.8, 4) is 0 Å². The lowest BCUT2D eigenvalue weighted by molar-refractivity contribution is 0.120. The summed E-state index contributed by atoms with van der Waals surface area (Å²) in [5.41, 5.74) is 2.69. The number of nitrogens with zero attached hydrogens (tertiary/aromatic N) is 1. The molecule has 0 atom stereocenters. The Morgan fingerprint density at radius 2 is 1.25 bits per heavy atom. The van der Waals surface area contributed by atoms with Crippen LogP contribution in [0.3, 0.4) is 0 Å². The van der Waals surface area contributed by atoms with E-state index in [0.717, 1.165) is 26.2 Å². The fourth-order valence-electron chi connectivity index (χ4n) is 3.17. The minimum atomic E-state index is -0.0510. The normalized spacial score (nSPS) is 17.1. The van der Waals surface area contributed by atoms with E-state index >= 15 is 0 Å². The van der Waals surface area contributed by atoms with E-state index in [1.807, 2.05) is 0 Å². The summed E-state index contributed by atoms with van der Waals surface area (Å²) in [5, 5.41) is 3.45. The van der Waals surface area contributed by atoms with E-state index in [1.165, 1.54) is 11.1 Å². The molecule has 0 aliphatic carbocycles. The molecule has 2 heteroatoms. The van der Waals surface area contributed by atoms with Gasteiger partial charge in [-0.1, -0.05) is 60.7 Å². The highest BCUT2D eigenvalue weighted by atomic mass is 15.2. The van der Waals surface area contributed by atoms with E-state index in [1.54, 1.807) is 0 Å². The maximum Gasteiger partial charge on any atom is 0.0687 e. The second-order valence-corrected chi connectivity index (χ2v) is 5.54. The Kier molecular flexibility index (Phi) is 3.86. The molecule has 0 amide bonds. The first-order chi connectivity index (χ1) is 9.82. The van der Waals surface area contributed by atoms with Crippen molar-refractivity contribution in [1.82, 2.24) is 10.2 Å². The van der Waals surface area contributed by atoms with Gasteiger partial charge >= 0.3 is 0 Å². The minimum Gasteiger partial charge on any atom is -0.314 e. The molecule has 1 heterocycles. The molecule has 3 rings (SSSR count). The van der Waals surface area contributed by atoms with Gasteiger partial charge in [-0.15, -0.1) is 0 Å². The Labute approximate surface area is 121 Å². The molecule has 2 aromatic carbocycles. The molecular formula is C18H22N2. The third-order valence-corrected chi connectivity index (χ3v) is 4.42. The number of benzene rings is 2. The molecule has 1 aliphatic heterocycles. The molecule has 1 saturated heterocycles. The molecule has 20 heavy (non-hydrogen) atoms. The van der Waals surface area contributed by atoms with Gasteiger partial charge in [0.1, 0.15) is 0 Å². The molecule has 0 radical (unpaired) electrons. The first-order valence-electron chi connectivity index (χ1n) is 7.38. The minimum absolute atomic E-state index is 0.0510. The molecule has 1 aliphatic rings. The smallest absolute Gasteiger partial charge is 0.0687 e. The second kappa shape index (κ2) is 5.78. The van der Waals surface area contributed by atoms with Crippen molar-refractivity contribution in [3.05, 3.63) is 71.8 Å². The van der Waals surface area contributed by atoms with Gasteiger partial charge in [0.2, 0.25) is 0 Å². The number of piperazine rings is 1. The molecular weight excluding hydrogens is 244 g/mol. The summed E-state index contributed by atoms with van der Waals surface area (Å²) in [6, 6.07) is 21.7. The standard InChI is InChI=1S/C18H22N2/c1-18(16-8-4-2-5-9-16,17-10-6-3-7-11-17)20-14-12-19-13-15-20/h2-11,19H,12-15H2,1H3. The lowest BCUT2D eigenvalue weighted by Gasteiger charge is -2.44. The van der Waals surface area contributed by atoms with Crippen LogP contribution >= 0.6 is 0 Å². The van der Waals surface area contributed by atoms with Crippen LogP contribution in [-0.4, -0.2) is 31.1 Å². The first kappa shape index (κ1) is 13.3. The van der Waals surface area contributed by atoms with Gasteiger partial charge < -0.3 is 5.32 Å². The highest BCUT2D eigenvalue weighted by Crippen LogP contribution is 2.35. The molecule has 0 spiro atoms. The van der Waals surface area contributed by atoms with Gasteiger partial charge in [0.05, 0.1) is 5.54 Å². The fourth-order valence-corrected chi connectivity index (χ4v) is 3.17. The SMILES string of the molecule is CC(c1ccccc1)(c1ccccc1)N1CCNCC1. The van der Waals surface area contributed by atoms with Crippen molar-refractivity contribution in [2.24, 2.45) is 0 Å². The van der Waals surface area contributed by atoms with Gasteiger partial charge in [-0.3, -0.25) is 4.90 Å². The van der Waals surface area contributed by atoms with Gasteiger partial charge in [-0.25, -0.2) is 0 Å². The van der Waals surface area contributed by atoms with Crippen molar-refractivity contribution < 1.29 is 0 Å². The van der Waals surface area contributed by atoms with E-state index in [0.29, 0.717) is 0 Å². The maximum absolute atomic E-state index is 3.45. The second-order valence-electron chi connectivity index (χ2n) is 5.54. The topological polar surface area (TPSA) is 15.3 Å². The Morgan fingerprint density at radius 1 is 0.800 bits per heavy atom. The van der Waals surface area contributed by atoms with Crippen LogP contribution in [-0.2, 0) is 5.54 Å². The molecule has 2 nitrogen and oxygen atoms in total. The van der Waals surface area contributed by atoms with E-state index in [-0.39, 0.29) is 5.54 Å². The van der Waals surface area contributed by atoms with Crippen LogP contribution < -0.4 is 5.32 Å². The van der Waals surface area contributed by atoms with Crippen molar-refractivity contribution in [2.75, 3.05) is 26.2 Å². The Balaban J connectivity index is 2.07. The Bertz CT molecular complexity index is 490. The van der Waals surface area contributed by atoms with Crippen LogP contribution in [0, 0.1) is 0 Å². The predicted molar refractivity (Wildman–Crippen MR) is 83.8 cm³/mol. The highest BCUT2D eigenvalue weighted by Gasteiger charge is 2.35. The van der Waals surface area contributed by atoms with Gasteiger partial charge in [0.15, 0.2) is 0 Å². The lowest BCUT2D eigenvalue weighted by atomic mass is 9.82. The average Bonchev–Trinajstić information content (AvgIpc) is 2.56. The lowest BCUT2D eigenvalue weighted by Crippen LogP contribution is -2.53. The van der Waals surface area contributed by atoms with Gasteiger partial charge in [0.25, 0.3) is 0 Å². The molecule has 0 unspecified atom stereocenters. The predicted octanol–water partition coefficient (Wildman–Crippen LogP) is 2.86. The van der Waals surface area contributed by atoms with Crippen molar-refractivity contribution >= 4 is 0 Å². The zero-order chi connectivity index (χ0) is 13.8. The summed E-state index contributed by atoms with van der Waals surface area (Å²) in [7, 11) is 0. The Hall–Kier alpha value is -1.64. The molecule has 2 aromatic rings. The van der Waals surface area contributed by atoms with E-state index in [9.17, 15) is 0 Å². The van der Waals surface area contributed by atoms with Crippen LogP contribution in [0.5, 0.6) is 0 Å². The Morgan fingerprint density at radius 3 is 1.70 bits per heavy atom. The van der Waals surface area contributed by atoms with Crippen molar-refractivity contribution in [1.29, 1.82) is 0 Å². The molecule has 1 fully saturated rings. The fraction of sp³-hybridized carbons (Fsp3) is 0.333. The molecule has 104 valence electrons. The summed E-state index contributed by atoms with van der Waals surface area (Å²) < 4.78 is 0. The number of hydrogen-bond donors (Lipinski definition) is 1. The van der Waals surface area contributed by atoms with E-state index in [4.69, 9.17) is 0 Å². The van der Waals surface area contributed by atoms with E-state index < -0.39 is 0 Å². The van der Waals surface area contributed by atoms with Crippen molar-refractivity contribution in [2.45, 2.75) is 12.5 Å². The average molecular weight is 266 g/mol. The zero-order valence-electron chi connectivity index (χ0n) is 12.0. The summed E-state index contributed by atoms with van der Waals surface area (Å²) in [6.07, 6.45) is 0. The number of nitrogens with one attached hydrogen (secondary N) is 1. The molecule has 0 aromatic heterocycles. The van der Waals surface area contributed by atoms with Gasteiger partial charge in [-0.2, -0.15) is 0 Å². The zero-order valence-corrected chi connectivity index (χ0v) is 12.0. The molecule has 0 bridgehead atoms.